The molecule has 0 fully saturated rings. The van der Waals surface area contributed by atoms with Crippen molar-refractivity contribution >= 4 is 11.9 Å². The van der Waals surface area contributed by atoms with Gasteiger partial charge in [-0.1, -0.05) is 78.1 Å². The van der Waals surface area contributed by atoms with E-state index < -0.39 is 11.9 Å². The molecule has 0 saturated heterocycles. The van der Waals surface area contributed by atoms with Gasteiger partial charge < -0.3 is 20.1 Å². The molecule has 0 heterocycles. The SMILES string of the molecule is CCCCCCCCOC(=O)/C(CCN)=C(\C(=O)OCCCCCCCC)N(C)C. The Kier molecular flexibility index (Phi) is 18.4. The molecule has 6 heteroatoms. The zero-order valence-corrected chi connectivity index (χ0v) is 20.0. The van der Waals surface area contributed by atoms with Gasteiger partial charge in [-0.05, 0) is 25.8 Å². The van der Waals surface area contributed by atoms with Gasteiger partial charge in [-0.25, -0.2) is 9.59 Å². The number of unbranched alkanes of at least 4 members (excludes halogenated alkanes) is 10. The van der Waals surface area contributed by atoms with Crippen molar-refractivity contribution in [1.82, 2.24) is 4.90 Å². The molecule has 0 saturated carbocycles. The summed E-state index contributed by atoms with van der Waals surface area (Å²) in [5, 5.41) is 0. The quantitative estimate of drug-likeness (QED) is 0.179. The molecular formula is C24H46N2O4. The van der Waals surface area contributed by atoms with Crippen LogP contribution in [0.2, 0.25) is 0 Å². The van der Waals surface area contributed by atoms with E-state index in [9.17, 15) is 9.59 Å². The Morgan fingerprint density at radius 1 is 0.700 bits per heavy atom. The highest BCUT2D eigenvalue weighted by Gasteiger charge is 2.24. The van der Waals surface area contributed by atoms with Crippen LogP contribution in [0.15, 0.2) is 11.3 Å². The minimum atomic E-state index is -0.478. The monoisotopic (exact) mass is 426 g/mol. The highest BCUT2D eigenvalue weighted by Crippen LogP contribution is 2.16. The smallest absolute Gasteiger partial charge is 0.355 e. The van der Waals surface area contributed by atoms with E-state index in [1.165, 1.54) is 38.5 Å². The molecule has 0 aromatic carbocycles. The van der Waals surface area contributed by atoms with E-state index in [-0.39, 0.29) is 18.7 Å². The maximum Gasteiger partial charge on any atom is 0.355 e. The Hall–Kier alpha value is -1.56. The Balaban J connectivity index is 4.68. The van der Waals surface area contributed by atoms with E-state index >= 15 is 0 Å². The zero-order chi connectivity index (χ0) is 22.6. The summed E-state index contributed by atoms with van der Waals surface area (Å²) in [6.07, 6.45) is 13.7. The van der Waals surface area contributed by atoms with Crippen LogP contribution >= 0.6 is 0 Å². The number of likely N-dealkylation sites (N-methyl/N-ethyl adjacent to an activating group) is 1. The van der Waals surface area contributed by atoms with Gasteiger partial charge in [0.25, 0.3) is 0 Å². The molecule has 30 heavy (non-hydrogen) atoms. The number of esters is 2. The molecule has 0 aliphatic carbocycles. The lowest BCUT2D eigenvalue weighted by Gasteiger charge is -2.20. The molecular weight excluding hydrogens is 380 g/mol. The predicted octanol–water partition coefficient (Wildman–Crippen LogP) is 4.96. The van der Waals surface area contributed by atoms with Crippen LogP contribution in [-0.2, 0) is 19.1 Å². The molecule has 0 aromatic rings. The second kappa shape index (κ2) is 19.4. The average Bonchev–Trinajstić information content (AvgIpc) is 2.71. The highest BCUT2D eigenvalue weighted by molar-refractivity contribution is 5.99. The Bertz CT molecular complexity index is 490. The standard InChI is InChI=1S/C24H46N2O4/c1-5-7-9-11-13-15-19-29-23(27)21(17-18-25)22(26(3)4)24(28)30-20-16-14-12-10-8-6-2/h5-20,25H2,1-4H3/b22-21+. The lowest BCUT2D eigenvalue weighted by Crippen LogP contribution is -2.28. The summed E-state index contributed by atoms with van der Waals surface area (Å²) in [4.78, 5) is 26.9. The lowest BCUT2D eigenvalue weighted by molar-refractivity contribution is -0.143. The fraction of sp³-hybridized carbons (Fsp3) is 0.833. The van der Waals surface area contributed by atoms with E-state index in [1.807, 2.05) is 0 Å². The molecule has 0 atom stereocenters. The fourth-order valence-electron chi connectivity index (χ4n) is 3.29. The number of carbonyl (C=O) groups is 2. The number of nitrogens with zero attached hydrogens (tertiary/aromatic N) is 1. The van der Waals surface area contributed by atoms with E-state index in [1.54, 1.807) is 19.0 Å². The Morgan fingerprint density at radius 2 is 1.13 bits per heavy atom. The van der Waals surface area contributed by atoms with Crippen molar-refractivity contribution in [2.75, 3.05) is 33.9 Å². The summed E-state index contributed by atoms with van der Waals surface area (Å²) in [6, 6.07) is 0. The molecule has 0 rings (SSSR count). The van der Waals surface area contributed by atoms with Crippen LogP contribution in [0.5, 0.6) is 0 Å². The minimum absolute atomic E-state index is 0.249. The molecule has 0 bridgehead atoms. The Morgan fingerprint density at radius 3 is 1.57 bits per heavy atom. The summed E-state index contributed by atoms with van der Waals surface area (Å²) in [6.45, 7) is 5.38. The first-order valence-electron chi connectivity index (χ1n) is 11.9. The third kappa shape index (κ3) is 13.6. The van der Waals surface area contributed by atoms with Gasteiger partial charge in [0, 0.05) is 14.1 Å². The number of rotatable bonds is 19. The van der Waals surface area contributed by atoms with Crippen LogP contribution in [0.3, 0.4) is 0 Å². The number of hydrogen-bond acceptors (Lipinski definition) is 6. The van der Waals surface area contributed by atoms with E-state index in [4.69, 9.17) is 15.2 Å². The lowest BCUT2D eigenvalue weighted by atomic mass is 10.1. The summed E-state index contributed by atoms with van der Waals surface area (Å²) in [5.41, 5.74) is 6.25. The van der Waals surface area contributed by atoms with E-state index in [0.717, 1.165) is 38.5 Å². The molecule has 0 aromatic heterocycles. The van der Waals surface area contributed by atoms with Crippen LogP contribution in [-0.4, -0.2) is 50.7 Å². The second-order valence-electron chi connectivity index (χ2n) is 8.07. The zero-order valence-electron chi connectivity index (χ0n) is 20.0. The number of ether oxygens (including phenoxy) is 2. The molecule has 0 spiro atoms. The van der Waals surface area contributed by atoms with Crippen LogP contribution < -0.4 is 5.73 Å². The molecule has 0 aliphatic rings. The summed E-state index contributed by atoms with van der Waals surface area (Å²) in [5.74, 6) is -0.942. The van der Waals surface area contributed by atoms with Crippen LogP contribution in [0, 0.1) is 0 Å². The summed E-state index contributed by atoms with van der Waals surface area (Å²) < 4.78 is 10.9. The van der Waals surface area contributed by atoms with Crippen molar-refractivity contribution in [1.29, 1.82) is 0 Å². The predicted molar refractivity (Wildman–Crippen MR) is 123 cm³/mol. The van der Waals surface area contributed by atoms with Crippen molar-refractivity contribution in [2.24, 2.45) is 5.73 Å². The molecule has 0 unspecified atom stereocenters. The second-order valence-corrected chi connectivity index (χ2v) is 8.07. The average molecular weight is 427 g/mol. The molecule has 176 valence electrons. The van der Waals surface area contributed by atoms with Crippen molar-refractivity contribution in [3.8, 4) is 0 Å². The van der Waals surface area contributed by atoms with E-state index in [0.29, 0.717) is 18.8 Å². The first-order valence-corrected chi connectivity index (χ1v) is 11.9. The first kappa shape index (κ1) is 28.4. The molecule has 0 radical (unpaired) electrons. The van der Waals surface area contributed by atoms with Gasteiger partial charge in [-0.15, -0.1) is 0 Å². The molecule has 2 N–H and O–H groups in total. The van der Waals surface area contributed by atoms with Gasteiger partial charge in [-0.2, -0.15) is 0 Å². The van der Waals surface area contributed by atoms with Gasteiger partial charge in [-0.3, -0.25) is 0 Å². The normalized spacial score (nSPS) is 11.8. The fourth-order valence-corrected chi connectivity index (χ4v) is 3.29. The third-order valence-electron chi connectivity index (χ3n) is 5.03. The van der Waals surface area contributed by atoms with Crippen molar-refractivity contribution < 1.29 is 19.1 Å². The van der Waals surface area contributed by atoms with Crippen molar-refractivity contribution in [2.45, 2.75) is 97.3 Å². The number of hydrogen-bond donors (Lipinski definition) is 1. The van der Waals surface area contributed by atoms with Gasteiger partial charge in [0.1, 0.15) is 5.70 Å². The van der Waals surface area contributed by atoms with Gasteiger partial charge in [0.15, 0.2) is 0 Å². The van der Waals surface area contributed by atoms with Crippen molar-refractivity contribution in [3.05, 3.63) is 11.3 Å². The topological polar surface area (TPSA) is 81.9 Å². The number of carbonyl (C=O) groups excluding carboxylic acids is 2. The van der Waals surface area contributed by atoms with Crippen LogP contribution in [0.4, 0.5) is 0 Å². The molecule has 6 nitrogen and oxygen atoms in total. The minimum Gasteiger partial charge on any atom is -0.462 e. The van der Waals surface area contributed by atoms with Crippen molar-refractivity contribution in [3.63, 3.8) is 0 Å². The third-order valence-corrected chi connectivity index (χ3v) is 5.03. The van der Waals surface area contributed by atoms with Crippen LogP contribution in [0.25, 0.3) is 0 Å². The number of nitrogens with two attached hydrogens (primary N) is 1. The first-order chi connectivity index (χ1) is 14.5. The van der Waals surface area contributed by atoms with Gasteiger partial charge in [0.05, 0.1) is 18.8 Å². The molecule has 0 aliphatic heterocycles. The van der Waals surface area contributed by atoms with Gasteiger partial charge in [0.2, 0.25) is 0 Å². The largest absolute Gasteiger partial charge is 0.462 e. The molecule has 0 amide bonds. The van der Waals surface area contributed by atoms with Gasteiger partial charge >= 0.3 is 11.9 Å². The summed E-state index contributed by atoms with van der Waals surface area (Å²) >= 11 is 0. The van der Waals surface area contributed by atoms with Crippen LogP contribution in [0.1, 0.15) is 97.3 Å². The highest BCUT2D eigenvalue weighted by atomic mass is 16.5. The Labute approximate surface area is 184 Å². The maximum atomic E-state index is 12.6. The summed E-state index contributed by atoms with van der Waals surface area (Å²) in [7, 11) is 3.47. The van der Waals surface area contributed by atoms with E-state index in [2.05, 4.69) is 13.8 Å². The maximum absolute atomic E-state index is 12.6.